The molecule has 0 atom stereocenters. The molecule has 0 aliphatic heterocycles. The molecule has 1 rings (SSSR count). The van der Waals surface area contributed by atoms with Crippen LogP contribution in [0, 0.1) is 0 Å². The normalized spacial score (nSPS) is 8.13. The first kappa shape index (κ1) is 13.0. The number of aromatic hydroxyl groups is 1. The molecule has 0 saturated heterocycles. The highest BCUT2D eigenvalue weighted by Gasteiger charge is 1.94. The maximum Gasteiger partial charge on any atom is 0.307 e. The van der Waals surface area contributed by atoms with Crippen molar-refractivity contribution in [3.05, 3.63) is 37.1 Å². The van der Waals surface area contributed by atoms with E-state index in [0.29, 0.717) is 5.75 Å². The summed E-state index contributed by atoms with van der Waals surface area (Å²) in [5.41, 5.74) is 0. The second-order valence-corrected chi connectivity index (χ2v) is 2.45. The molecule has 0 spiro atoms. The molecule has 15 heavy (non-hydrogen) atoms. The number of ether oxygens (including phenoxy) is 2. The third-order valence-electron chi connectivity index (χ3n) is 1.33. The summed E-state index contributed by atoms with van der Waals surface area (Å²) in [4.78, 5) is 9.75. The van der Waals surface area contributed by atoms with Gasteiger partial charge in [-0.2, -0.15) is 0 Å². The second-order valence-electron chi connectivity index (χ2n) is 2.45. The summed E-state index contributed by atoms with van der Waals surface area (Å²) < 4.78 is 8.96. The predicted octanol–water partition coefficient (Wildman–Crippen LogP) is 2.09. The average Bonchev–Trinajstić information content (AvgIpc) is 2.19. The smallest absolute Gasteiger partial charge is 0.307 e. The van der Waals surface area contributed by atoms with E-state index in [9.17, 15) is 4.79 Å². The largest absolute Gasteiger partial charge is 0.504 e. The van der Waals surface area contributed by atoms with Gasteiger partial charge in [-0.1, -0.05) is 18.7 Å². The lowest BCUT2D eigenvalue weighted by molar-refractivity contribution is -0.135. The third kappa shape index (κ3) is 6.15. The van der Waals surface area contributed by atoms with E-state index in [4.69, 9.17) is 9.84 Å². The Kier molecular flexibility index (Phi) is 6.46. The number of hydrogen-bond acceptors (Lipinski definition) is 4. The van der Waals surface area contributed by atoms with Gasteiger partial charge < -0.3 is 14.6 Å². The molecule has 1 N–H and O–H groups in total. The highest BCUT2D eigenvalue weighted by Crippen LogP contribution is 2.22. The van der Waals surface area contributed by atoms with Crippen LogP contribution >= 0.6 is 0 Å². The van der Waals surface area contributed by atoms with Gasteiger partial charge in [-0.3, -0.25) is 4.79 Å². The van der Waals surface area contributed by atoms with Gasteiger partial charge in [0.1, 0.15) is 0 Å². The Hall–Kier alpha value is -1.97. The molecule has 0 heterocycles. The second kappa shape index (κ2) is 7.44. The van der Waals surface area contributed by atoms with Crippen LogP contribution in [0.3, 0.4) is 0 Å². The molecule has 0 unspecified atom stereocenters. The lowest BCUT2D eigenvalue weighted by Gasteiger charge is -1.99. The molecule has 0 amide bonds. The molecule has 0 fully saturated rings. The van der Waals surface area contributed by atoms with Crippen LogP contribution in [0.1, 0.15) is 6.92 Å². The highest BCUT2D eigenvalue weighted by molar-refractivity contribution is 5.66. The fraction of sp³-hybridized carbons (Fsp3) is 0.182. The first-order valence-corrected chi connectivity index (χ1v) is 4.22. The first-order chi connectivity index (χ1) is 7.11. The topological polar surface area (TPSA) is 55.8 Å². The number of carbonyl (C=O) groups is 1. The Morgan fingerprint density at radius 2 is 2.07 bits per heavy atom. The number of carbonyl (C=O) groups excluding carboxylic acids is 1. The van der Waals surface area contributed by atoms with Gasteiger partial charge in [0.15, 0.2) is 11.5 Å². The Bertz CT molecular complexity index is 320. The summed E-state index contributed by atoms with van der Waals surface area (Å²) in [5, 5.41) is 8.99. The molecular weight excluding hydrogens is 196 g/mol. The summed E-state index contributed by atoms with van der Waals surface area (Å²) in [6.07, 6.45) is 1.10. The standard InChI is InChI=1S/C7H8O2.C4H6O2/c1-9-7-5-3-2-4-6(7)8;1-3-6-4(2)5/h2-5,8H,1H3;3H,1H2,2H3. The van der Waals surface area contributed by atoms with Crippen LogP contribution in [0.4, 0.5) is 0 Å². The van der Waals surface area contributed by atoms with Crippen molar-refractivity contribution in [2.45, 2.75) is 6.92 Å². The number of rotatable bonds is 2. The zero-order chi connectivity index (χ0) is 11.7. The monoisotopic (exact) mass is 210 g/mol. The quantitative estimate of drug-likeness (QED) is 0.600. The molecule has 0 saturated carbocycles. The minimum Gasteiger partial charge on any atom is -0.504 e. The molecule has 0 aliphatic rings. The maximum atomic E-state index is 9.75. The fourth-order valence-corrected chi connectivity index (χ4v) is 0.747. The van der Waals surface area contributed by atoms with E-state index in [-0.39, 0.29) is 11.7 Å². The van der Waals surface area contributed by atoms with Gasteiger partial charge >= 0.3 is 5.97 Å². The van der Waals surface area contributed by atoms with E-state index in [1.165, 1.54) is 14.0 Å². The van der Waals surface area contributed by atoms with Crippen molar-refractivity contribution in [3.8, 4) is 11.5 Å². The number of benzene rings is 1. The average molecular weight is 210 g/mol. The zero-order valence-corrected chi connectivity index (χ0v) is 8.77. The first-order valence-electron chi connectivity index (χ1n) is 4.22. The molecule has 82 valence electrons. The van der Waals surface area contributed by atoms with Crippen LogP contribution in [0.5, 0.6) is 11.5 Å². The van der Waals surface area contributed by atoms with E-state index in [2.05, 4.69) is 11.3 Å². The minimum atomic E-state index is -0.329. The van der Waals surface area contributed by atoms with Gasteiger partial charge in [-0.25, -0.2) is 0 Å². The molecule has 0 bridgehead atoms. The molecule has 0 aromatic heterocycles. The van der Waals surface area contributed by atoms with Gasteiger partial charge in [-0.15, -0.1) is 0 Å². The van der Waals surface area contributed by atoms with Crippen LogP contribution in [0.2, 0.25) is 0 Å². The predicted molar refractivity (Wildman–Crippen MR) is 56.6 cm³/mol. The van der Waals surface area contributed by atoms with Gasteiger partial charge in [-0.05, 0) is 12.1 Å². The number of para-hydroxylation sites is 2. The molecule has 0 aliphatic carbocycles. The van der Waals surface area contributed by atoms with Gasteiger partial charge in [0.25, 0.3) is 0 Å². The summed E-state index contributed by atoms with van der Waals surface area (Å²) in [7, 11) is 1.52. The third-order valence-corrected chi connectivity index (χ3v) is 1.33. The van der Waals surface area contributed by atoms with E-state index in [1.807, 2.05) is 0 Å². The lowest BCUT2D eigenvalue weighted by Crippen LogP contribution is -1.87. The van der Waals surface area contributed by atoms with Crippen LogP contribution in [-0.4, -0.2) is 18.2 Å². The number of phenolic OH excluding ortho intramolecular Hbond substituents is 1. The van der Waals surface area contributed by atoms with Gasteiger partial charge in [0.05, 0.1) is 13.4 Å². The Morgan fingerprint density at radius 3 is 2.33 bits per heavy atom. The van der Waals surface area contributed by atoms with Gasteiger partial charge in [0, 0.05) is 6.92 Å². The Morgan fingerprint density at radius 1 is 1.47 bits per heavy atom. The van der Waals surface area contributed by atoms with Crippen molar-refractivity contribution in [1.29, 1.82) is 0 Å². The maximum absolute atomic E-state index is 9.75. The molecular formula is C11H14O4. The minimum absolute atomic E-state index is 0.181. The zero-order valence-electron chi connectivity index (χ0n) is 8.77. The van der Waals surface area contributed by atoms with Crippen molar-refractivity contribution < 1.29 is 19.4 Å². The fourth-order valence-electron chi connectivity index (χ4n) is 0.747. The van der Waals surface area contributed by atoms with Crippen molar-refractivity contribution in [3.63, 3.8) is 0 Å². The molecule has 4 heteroatoms. The Labute approximate surface area is 88.8 Å². The van der Waals surface area contributed by atoms with Crippen LogP contribution in [-0.2, 0) is 9.53 Å². The van der Waals surface area contributed by atoms with E-state index in [0.717, 1.165) is 6.26 Å². The van der Waals surface area contributed by atoms with Crippen LogP contribution in [0.15, 0.2) is 37.1 Å². The molecule has 0 radical (unpaired) electrons. The molecule has 1 aromatic rings. The summed E-state index contributed by atoms with van der Waals surface area (Å²) in [6, 6.07) is 6.84. The van der Waals surface area contributed by atoms with Gasteiger partial charge in [0.2, 0.25) is 0 Å². The van der Waals surface area contributed by atoms with Crippen LogP contribution < -0.4 is 4.74 Å². The lowest BCUT2D eigenvalue weighted by atomic mass is 10.3. The van der Waals surface area contributed by atoms with Crippen molar-refractivity contribution in [1.82, 2.24) is 0 Å². The summed E-state index contributed by atoms with van der Waals surface area (Å²) >= 11 is 0. The SMILES string of the molecule is C=COC(C)=O.COc1ccccc1O. The van der Waals surface area contributed by atoms with E-state index >= 15 is 0 Å². The number of phenols is 1. The number of esters is 1. The number of hydrogen-bond donors (Lipinski definition) is 1. The van der Waals surface area contributed by atoms with Crippen molar-refractivity contribution in [2.24, 2.45) is 0 Å². The van der Waals surface area contributed by atoms with E-state index in [1.54, 1.807) is 24.3 Å². The molecule has 4 nitrogen and oxygen atoms in total. The van der Waals surface area contributed by atoms with E-state index < -0.39 is 0 Å². The molecule has 1 aromatic carbocycles. The number of methoxy groups -OCH3 is 1. The highest BCUT2D eigenvalue weighted by atomic mass is 16.5. The van der Waals surface area contributed by atoms with Crippen LogP contribution in [0.25, 0.3) is 0 Å². The Balaban J connectivity index is 0.000000288. The summed E-state index contributed by atoms with van der Waals surface area (Å²) in [5.74, 6) is 0.363. The van der Waals surface area contributed by atoms with Crippen molar-refractivity contribution in [2.75, 3.05) is 7.11 Å². The van der Waals surface area contributed by atoms with Crippen molar-refractivity contribution >= 4 is 5.97 Å². The summed E-state index contributed by atoms with van der Waals surface area (Å²) in [6.45, 7) is 4.48.